The summed E-state index contributed by atoms with van der Waals surface area (Å²) >= 11 is 0. The summed E-state index contributed by atoms with van der Waals surface area (Å²) in [6.07, 6.45) is 0.146. The third kappa shape index (κ3) is 3.16. The molecule has 2 aromatic rings. The maximum Gasteiger partial charge on any atom is 0.336 e. The average molecular weight is 260 g/mol. The Morgan fingerprint density at radius 3 is 2.26 bits per heavy atom. The van der Waals surface area contributed by atoms with Gasteiger partial charge in [0.1, 0.15) is 17.4 Å². The molecule has 0 saturated carbocycles. The summed E-state index contributed by atoms with van der Waals surface area (Å²) in [5, 5.41) is 0.901. The highest BCUT2D eigenvalue weighted by Gasteiger charge is 2.19. The topological polar surface area (TPSA) is 39.4 Å². The Labute approximate surface area is 113 Å². The van der Waals surface area contributed by atoms with Crippen molar-refractivity contribution >= 4 is 11.0 Å². The first-order valence-corrected chi connectivity index (χ1v) is 6.68. The lowest BCUT2D eigenvalue weighted by Gasteiger charge is -2.26. The van der Waals surface area contributed by atoms with Crippen LogP contribution in [-0.4, -0.2) is 6.10 Å². The van der Waals surface area contributed by atoms with E-state index >= 15 is 0 Å². The third-order valence-corrected chi connectivity index (χ3v) is 3.18. The van der Waals surface area contributed by atoms with E-state index in [-0.39, 0.29) is 11.7 Å². The van der Waals surface area contributed by atoms with Crippen molar-refractivity contribution in [2.75, 3.05) is 0 Å². The molecule has 1 aromatic carbocycles. The van der Waals surface area contributed by atoms with Gasteiger partial charge in [0.2, 0.25) is 0 Å². The van der Waals surface area contributed by atoms with Gasteiger partial charge < -0.3 is 9.15 Å². The SMILES string of the molecule is CC(C)C(Oc1ccc2ccc(=O)oc2c1)C(C)C. The Balaban J connectivity index is 2.32. The molecule has 0 aliphatic heterocycles. The lowest BCUT2D eigenvalue weighted by Crippen LogP contribution is -2.28. The van der Waals surface area contributed by atoms with Crippen LogP contribution in [0.4, 0.5) is 0 Å². The van der Waals surface area contributed by atoms with Crippen molar-refractivity contribution in [3.8, 4) is 5.75 Å². The zero-order valence-corrected chi connectivity index (χ0v) is 11.8. The second-order valence-corrected chi connectivity index (χ2v) is 5.52. The number of rotatable bonds is 4. The first-order valence-electron chi connectivity index (χ1n) is 6.68. The number of hydrogen-bond acceptors (Lipinski definition) is 3. The highest BCUT2D eigenvalue weighted by atomic mass is 16.5. The van der Waals surface area contributed by atoms with E-state index < -0.39 is 0 Å². The second kappa shape index (κ2) is 5.47. The molecule has 0 amide bonds. The van der Waals surface area contributed by atoms with Crippen LogP contribution in [0.2, 0.25) is 0 Å². The molecular weight excluding hydrogens is 240 g/mol. The molecule has 0 bridgehead atoms. The zero-order valence-electron chi connectivity index (χ0n) is 11.8. The monoisotopic (exact) mass is 260 g/mol. The average Bonchev–Trinajstić information content (AvgIpc) is 2.34. The predicted octanol–water partition coefficient (Wildman–Crippen LogP) is 3.85. The summed E-state index contributed by atoms with van der Waals surface area (Å²) in [4.78, 5) is 11.2. The molecule has 0 fully saturated rings. The van der Waals surface area contributed by atoms with Gasteiger partial charge in [0.05, 0.1) is 0 Å². The smallest absolute Gasteiger partial charge is 0.336 e. The maximum atomic E-state index is 11.2. The molecule has 0 aliphatic rings. The minimum atomic E-state index is -0.339. The molecule has 0 unspecified atom stereocenters. The summed E-state index contributed by atoms with van der Waals surface area (Å²) in [5.74, 6) is 1.60. The van der Waals surface area contributed by atoms with Crippen molar-refractivity contribution in [3.05, 3.63) is 40.8 Å². The van der Waals surface area contributed by atoms with Gasteiger partial charge in [-0.15, -0.1) is 0 Å². The van der Waals surface area contributed by atoms with E-state index in [1.54, 1.807) is 12.1 Å². The molecule has 2 rings (SSSR count). The number of hydrogen-bond donors (Lipinski definition) is 0. The largest absolute Gasteiger partial charge is 0.490 e. The number of fused-ring (bicyclic) bond motifs is 1. The molecule has 1 aromatic heterocycles. The number of ether oxygens (including phenoxy) is 1. The Morgan fingerprint density at radius 1 is 1.00 bits per heavy atom. The fraction of sp³-hybridized carbons (Fsp3) is 0.438. The minimum Gasteiger partial charge on any atom is -0.490 e. The van der Waals surface area contributed by atoms with Gasteiger partial charge in [-0.25, -0.2) is 4.79 Å². The van der Waals surface area contributed by atoms with Gasteiger partial charge in [-0.2, -0.15) is 0 Å². The van der Waals surface area contributed by atoms with E-state index in [4.69, 9.17) is 9.15 Å². The molecule has 0 saturated heterocycles. The van der Waals surface area contributed by atoms with E-state index in [0.717, 1.165) is 11.1 Å². The maximum absolute atomic E-state index is 11.2. The van der Waals surface area contributed by atoms with Crippen molar-refractivity contribution in [1.29, 1.82) is 0 Å². The quantitative estimate of drug-likeness (QED) is 0.784. The molecule has 0 aliphatic carbocycles. The van der Waals surface area contributed by atoms with Gasteiger partial charge in [-0.3, -0.25) is 0 Å². The van der Waals surface area contributed by atoms with Crippen LogP contribution < -0.4 is 10.4 Å². The van der Waals surface area contributed by atoms with E-state index in [1.165, 1.54) is 6.07 Å². The molecule has 1 heterocycles. The van der Waals surface area contributed by atoms with Crippen molar-refractivity contribution in [2.24, 2.45) is 11.8 Å². The van der Waals surface area contributed by atoms with E-state index in [2.05, 4.69) is 27.7 Å². The summed E-state index contributed by atoms with van der Waals surface area (Å²) in [7, 11) is 0. The van der Waals surface area contributed by atoms with Gasteiger partial charge in [-0.05, 0) is 30.0 Å². The van der Waals surface area contributed by atoms with Gasteiger partial charge in [0, 0.05) is 17.5 Å². The van der Waals surface area contributed by atoms with Gasteiger partial charge >= 0.3 is 5.63 Å². The van der Waals surface area contributed by atoms with Crippen molar-refractivity contribution in [3.63, 3.8) is 0 Å². The highest BCUT2D eigenvalue weighted by molar-refractivity contribution is 5.77. The van der Waals surface area contributed by atoms with Gasteiger partial charge in [0.15, 0.2) is 0 Å². The Hall–Kier alpha value is -1.77. The Bertz CT molecular complexity index is 603. The minimum absolute atomic E-state index is 0.146. The van der Waals surface area contributed by atoms with Crippen molar-refractivity contribution in [1.82, 2.24) is 0 Å². The van der Waals surface area contributed by atoms with Gasteiger partial charge in [-0.1, -0.05) is 27.7 Å². The fourth-order valence-corrected chi connectivity index (χ4v) is 2.31. The predicted molar refractivity (Wildman–Crippen MR) is 76.6 cm³/mol. The van der Waals surface area contributed by atoms with Crippen LogP contribution in [0.25, 0.3) is 11.0 Å². The second-order valence-electron chi connectivity index (χ2n) is 5.52. The summed E-state index contributed by atoms with van der Waals surface area (Å²) in [6, 6.07) is 8.79. The third-order valence-electron chi connectivity index (χ3n) is 3.18. The number of benzene rings is 1. The summed E-state index contributed by atoms with van der Waals surface area (Å²) in [5.41, 5.74) is 0.227. The Kier molecular flexibility index (Phi) is 3.93. The van der Waals surface area contributed by atoms with Gasteiger partial charge in [0.25, 0.3) is 0 Å². The molecule has 0 atom stereocenters. The molecule has 3 heteroatoms. The fourth-order valence-electron chi connectivity index (χ4n) is 2.31. The normalized spacial score (nSPS) is 11.7. The zero-order chi connectivity index (χ0) is 14.0. The van der Waals surface area contributed by atoms with E-state index in [9.17, 15) is 4.79 Å². The van der Waals surface area contributed by atoms with Crippen LogP contribution in [0.5, 0.6) is 5.75 Å². The molecule has 3 nitrogen and oxygen atoms in total. The first kappa shape index (κ1) is 13.7. The van der Waals surface area contributed by atoms with E-state index in [1.807, 2.05) is 12.1 Å². The van der Waals surface area contributed by atoms with E-state index in [0.29, 0.717) is 17.4 Å². The van der Waals surface area contributed by atoms with Crippen molar-refractivity contribution in [2.45, 2.75) is 33.8 Å². The van der Waals surface area contributed by atoms with Crippen molar-refractivity contribution < 1.29 is 9.15 Å². The lowest BCUT2D eigenvalue weighted by atomic mass is 9.96. The van der Waals surface area contributed by atoms with Crippen LogP contribution in [0.1, 0.15) is 27.7 Å². The van der Waals surface area contributed by atoms with Crippen LogP contribution in [0, 0.1) is 11.8 Å². The summed E-state index contributed by atoms with van der Waals surface area (Å²) < 4.78 is 11.2. The molecule has 0 spiro atoms. The molecular formula is C16H20O3. The molecule has 19 heavy (non-hydrogen) atoms. The molecule has 0 radical (unpaired) electrons. The van der Waals surface area contributed by atoms with Crippen LogP contribution in [-0.2, 0) is 0 Å². The summed E-state index contributed by atoms with van der Waals surface area (Å²) in [6.45, 7) is 8.58. The van der Waals surface area contributed by atoms with Crippen LogP contribution >= 0.6 is 0 Å². The molecule has 0 N–H and O–H groups in total. The first-order chi connectivity index (χ1) is 8.97. The lowest BCUT2D eigenvalue weighted by molar-refractivity contribution is 0.105. The van der Waals surface area contributed by atoms with Crippen LogP contribution in [0.15, 0.2) is 39.5 Å². The standard InChI is InChI=1S/C16H20O3/c1-10(2)16(11(3)4)18-13-7-5-12-6-8-15(17)19-14(12)9-13/h5-11,16H,1-4H3. The molecule has 102 valence electrons. The van der Waals surface area contributed by atoms with Crippen LogP contribution in [0.3, 0.4) is 0 Å². The Morgan fingerprint density at radius 2 is 1.63 bits per heavy atom. The highest BCUT2D eigenvalue weighted by Crippen LogP contribution is 2.24.